The maximum absolute atomic E-state index is 6.03. The summed E-state index contributed by atoms with van der Waals surface area (Å²) in [5, 5.41) is 8.93. The zero-order chi connectivity index (χ0) is 23.7. The SMILES string of the molecule is COc1ccc(N2C(=S)NC(c3ccccc3)C(c3nc(-c4ccc(Cl)cc4)no3)=C2C)cc1. The molecule has 0 bridgehead atoms. The molecule has 6 nitrogen and oxygen atoms in total. The summed E-state index contributed by atoms with van der Waals surface area (Å²) in [6, 6.07) is 24.9. The third-order valence-electron chi connectivity index (χ3n) is 5.71. The molecule has 3 aromatic carbocycles. The number of thiocarbonyl (C=S) groups is 1. The molecule has 8 heteroatoms. The van der Waals surface area contributed by atoms with Crippen LogP contribution >= 0.6 is 23.8 Å². The minimum Gasteiger partial charge on any atom is -0.497 e. The summed E-state index contributed by atoms with van der Waals surface area (Å²) in [5.74, 6) is 1.68. The number of hydrogen-bond acceptors (Lipinski definition) is 5. The van der Waals surface area contributed by atoms with Gasteiger partial charge in [0.2, 0.25) is 5.82 Å². The van der Waals surface area contributed by atoms with Gasteiger partial charge in [-0.3, -0.25) is 4.90 Å². The molecule has 1 unspecified atom stereocenters. The second-order valence-corrected chi connectivity index (χ2v) is 8.58. The summed E-state index contributed by atoms with van der Waals surface area (Å²) < 4.78 is 11.1. The highest BCUT2D eigenvalue weighted by Gasteiger charge is 2.34. The van der Waals surface area contributed by atoms with Gasteiger partial charge in [0.15, 0.2) is 5.11 Å². The van der Waals surface area contributed by atoms with E-state index in [0.717, 1.165) is 33.8 Å². The number of hydrogen-bond donors (Lipinski definition) is 1. The average molecular weight is 489 g/mol. The zero-order valence-electron chi connectivity index (χ0n) is 18.5. The van der Waals surface area contributed by atoms with Crippen LogP contribution in [0.2, 0.25) is 5.02 Å². The van der Waals surface area contributed by atoms with Crippen molar-refractivity contribution in [1.82, 2.24) is 15.5 Å². The van der Waals surface area contributed by atoms with Crippen LogP contribution in [0.25, 0.3) is 17.0 Å². The Hall–Kier alpha value is -3.68. The fourth-order valence-electron chi connectivity index (χ4n) is 4.01. The standard InChI is InChI=1S/C26H21ClN4O2S/c1-16-22(25-29-24(30-33-25)18-8-10-19(27)11-9-18)23(17-6-4-3-5-7-17)28-26(34)31(16)20-12-14-21(32-2)15-13-20/h3-15,23H,1-2H3,(H,28,34). The lowest BCUT2D eigenvalue weighted by molar-refractivity contribution is 0.404. The molecule has 0 radical (unpaired) electrons. The van der Waals surface area contributed by atoms with E-state index < -0.39 is 0 Å². The van der Waals surface area contributed by atoms with E-state index in [9.17, 15) is 0 Å². The first-order valence-electron chi connectivity index (χ1n) is 10.7. The molecule has 1 aliphatic rings. The molecule has 4 aromatic rings. The van der Waals surface area contributed by atoms with Crippen LogP contribution in [0.4, 0.5) is 5.69 Å². The van der Waals surface area contributed by atoms with Crippen molar-refractivity contribution < 1.29 is 9.26 Å². The van der Waals surface area contributed by atoms with Crippen LogP contribution in [0.5, 0.6) is 5.75 Å². The molecule has 34 heavy (non-hydrogen) atoms. The zero-order valence-corrected chi connectivity index (χ0v) is 20.1. The number of methoxy groups -OCH3 is 1. The molecule has 0 saturated heterocycles. The first-order valence-corrected chi connectivity index (χ1v) is 11.4. The number of ether oxygens (including phenoxy) is 1. The summed E-state index contributed by atoms with van der Waals surface area (Å²) in [5.41, 5.74) is 4.51. The maximum Gasteiger partial charge on any atom is 0.258 e. The third kappa shape index (κ3) is 4.16. The summed E-state index contributed by atoms with van der Waals surface area (Å²) in [6.45, 7) is 2.01. The number of aromatic nitrogens is 2. The van der Waals surface area contributed by atoms with Crippen LogP contribution in [-0.4, -0.2) is 22.4 Å². The molecule has 1 aliphatic heterocycles. The minimum absolute atomic E-state index is 0.248. The Bertz CT molecular complexity index is 1350. The van der Waals surface area contributed by atoms with Crippen LogP contribution in [0, 0.1) is 0 Å². The third-order valence-corrected chi connectivity index (χ3v) is 6.26. The van der Waals surface area contributed by atoms with Crippen molar-refractivity contribution in [3.8, 4) is 17.1 Å². The van der Waals surface area contributed by atoms with Gasteiger partial charge >= 0.3 is 0 Å². The lowest BCUT2D eigenvalue weighted by atomic mass is 9.94. The lowest BCUT2D eigenvalue weighted by Crippen LogP contribution is -2.46. The Kier molecular flexibility index (Phi) is 6.04. The van der Waals surface area contributed by atoms with E-state index in [0.29, 0.717) is 21.9 Å². The topological polar surface area (TPSA) is 63.4 Å². The highest BCUT2D eigenvalue weighted by molar-refractivity contribution is 7.80. The molecular weight excluding hydrogens is 468 g/mol. The molecular formula is C26H21ClN4O2S. The number of nitrogens with one attached hydrogen (secondary N) is 1. The van der Waals surface area contributed by atoms with Crippen LogP contribution in [0.1, 0.15) is 24.4 Å². The van der Waals surface area contributed by atoms with Gasteiger partial charge in [0.1, 0.15) is 5.75 Å². The number of nitrogens with zero attached hydrogens (tertiary/aromatic N) is 3. The van der Waals surface area contributed by atoms with Crippen molar-refractivity contribution in [2.45, 2.75) is 13.0 Å². The number of rotatable bonds is 5. The van der Waals surface area contributed by atoms with Gasteiger partial charge in [-0.1, -0.05) is 47.1 Å². The molecule has 2 heterocycles. The molecule has 5 rings (SSSR count). The van der Waals surface area contributed by atoms with Crippen LogP contribution < -0.4 is 15.0 Å². The molecule has 0 fully saturated rings. The molecule has 0 spiro atoms. The first kappa shape index (κ1) is 22.1. The summed E-state index contributed by atoms with van der Waals surface area (Å²) >= 11 is 11.8. The predicted octanol–water partition coefficient (Wildman–Crippen LogP) is 6.27. The fourth-order valence-corrected chi connectivity index (χ4v) is 4.49. The van der Waals surface area contributed by atoms with Gasteiger partial charge in [-0.15, -0.1) is 0 Å². The minimum atomic E-state index is -0.248. The van der Waals surface area contributed by atoms with Crippen LogP contribution in [-0.2, 0) is 0 Å². The molecule has 0 aliphatic carbocycles. The Morgan fingerprint density at radius 2 is 1.71 bits per heavy atom. The van der Waals surface area contributed by atoms with Crippen LogP contribution in [0.15, 0.2) is 89.1 Å². The fraction of sp³-hybridized carbons (Fsp3) is 0.115. The molecule has 170 valence electrons. The number of anilines is 1. The van der Waals surface area contributed by atoms with Crippen molar-refractivity contribution in [3.05, 3.63) is 101 Å². The van der Waals surface area contributed by atoms with E-state index in [1.165, 1.54) is 0 Å². The van der Waals surface area contributed by atoms with E-state index >= 15 is 0 Å². The summed E-state index contributed by atoms with van der Waals surface area (Å²) in [6.07, 6.45) is 0. The van der Waals surface area contributed by atoms with Gasteiger partial charge < -0.3 is 14.6 Å². The smallest absolute Gasteiger partial charge is 0.258 e. The van der Waals surface area contributed by atoms with E-state index in [-0.39, 0.29) is 6.04 Å². The number of benzene rings is 3. The van der Waals surface area contributed by atoms with Gasteiger partial charge in [-0.25, -0.2) is 0 Å². The highest BCUT2D eigenvalue weighted by atomic mass is 35.5. The van der Waals surface area contributed by atoms with Crippen molar-refractivity contribution in [1.29, 1.82) is 0 Å². The first-order chi connectivity index (χ1) is 16.5. The largest absolute Gasteiger partial charge is 0.497 e. The normalized spacial score (nSPS) is 15.9. The Morgan fingerprint density at radius 1 is 1.00 bits per heavy atom. The average Bonchev–Trinajstić information content (AvgIpc) is 3.35. The molecule has 1 atom stereocenters. The Morgan fingerprint density at radius 3 is 2.38 bits per heavy atom. The summed E-state index contributed by atoms with van der Waals surface area (Å²) in [4.78, 5) is 6.70. The second kappa shape index (κ2) is 9.29. The van der Waals surface area contributed by atoms with Crippen molar-refractivity contribution in [2.24, 2.45) is 0 Å². The van der Waals surface area contributed by atoms with E-state index in [4.69, 9.17) is 38.1 Å². The monoisotopic (exact) mass is 488 g/mol. The van der Waals surface area contributed by atoms with Gasteiger partial charge in [0.25, 0.3) is 5.89 Å². The predicted molar refractivity (Wildman–Crippen MR) is 138 cm³/mol. The Balaban J connectivity index is 1.63. The number of halogens is 1. The number of allylic oxidation sites excluding steroid dienone is 1. The van der Waals surface area contributed by atoms with Crippen molar-refractivity contribution >= 4 is 40.2 Å². The van der Waals surface area contributed by atoms with Crippen molar-refractivity contribution in [2.75, 3.05) is 12.0 Å². The molecule has 1 aromatic heterocycles. The molecule has 0 saturated carbocycles. The van der Waals surface area contributed by atoms with Crippen LogP contribution in [0.3, 0.4) is 0 Å². The quantitative estimate of drug-likeness (QED) is 0.332. The van der Waals surface area contributed by atoms with Gasteiger partial charge in [0.05, 0.1) is 18.7 Å². The second-order valence-electron chi connectivity index (χ2n) is 7.76. The van der Waals surface area contributed by atoms with Crippen molar-refractivity contribution in [3.63, 3.8) is 0 Å². The Labute approximate surface area is 207 Å². The van der Waals surface area contributed by atoms with E-state index in [1.54, 1.807) is 19.2 Å². The summed E-state index contributed by atoms with van der Waals surface area (Å²) in [7, 11) is 1.64. The van der Waals surface area contributed by atoms with Gasteiger partial charge in [0, 0.05) is 22.0 Å². The highest BCUT2D eigenvalue weighted by Crippen LogP contribution is 2.39. The lowest BCUT2D eigenvalue weighted by Gasteiger charge is -2.37. The maximum atomic E-state index is 6.03. The van der Waals surface area contributed by atoms with E-state index in [2.05, 4.69) is 10.5 Å². The van der Waals surface area contributed by atoms with Gasteiger partial charge in [-0.2, -0.15) is 4.98 Å². The molecule has 1 N–H and O–H groups in total. The van der Waals surface area contributed by atoms with E-state index in [1.807, 2.05) is 78.6 Å². The van der Waals surface area contributed by atoms with Gasteiger partial charge in [-0.05, 0) is 73.2 Å². The molecule has 0 amide bonds.